The molecule has 1 heterocycles. The number of hydrogen-bond donors (Lipinski definition) is 3. The molecule has 0 radical (unpaired) electrons. The maximum Gasteiger partial charge on any atom is 0.341 e. The van der Waals surface area contributed by atoms with Crippen molar-refractivity contribution in [2.75, 3.05) is 18.5 Å². The summed E-state index contributed by atoms with van der Waals surface area (Å²) in [7, 11) is 0. The van der Waals surface area contributed by atoms with E-state index in [2.05, 4.69) is 10.3 Å². The van der Waals surface area contributed by atoms with E-state index in [4.69, 9.17) is 33.0 Å². The van der Waals surface area contributed by atoms with Gasteiger partial charge >= 0.3 is 11.9 Å². The monoisotopic (exact) mass is 386 g/mol. The number of benzene rings is 1. The van der Waals surface area contributed by atoms with Gasteiger partial charge in [-0.1, -0.05) is 23.2 Å². The molecule has 0 saturated heterocycles. The number of carboxylic acids is 1. The fourth-order valence-corrected chi connectivity index (χ4v) is 2.59. The third-order valence-electron chi connectivity index (χ3n) is 3.49. The average molecular weight is 387 g/mol. The van der Waals surface area contributed by atoms with E-state index in [0.717, 1.165) is 6.92 Å². The van der Waals surface area contributed by atoms with Crippen LogP contribution >= 0.6 is 23.2 Å². The highest BCUT2D eigenvalue weighted by molar-refractivity contribution is 6.42. The van der Waals surface area contributed by atoms with Gasteiger partial charge in [0.2, 0.25) is 0 Å². The molecule has 0 aliphatic carbocycles. The predicted octanol–water partition coefficient (Wildman–Crippen LogP) is 2.97. The first-order valence-electron chi connectivity index (χ1n) is 7.32. The summed E-state index contributed by atoms with van der Waals surface area (Å²) >= 11 is 12.5. The molecule has 1 atom stereocenters. The minimum absolute atomic E-state index is 0.126. The number of nitrogens with zero attached hydrogens (tertiary/aromatic N) is 1. The van der Waals surface area contributed by atoms with Crippen molar-refractivity contribution >= 4 is 51.7 Å². The van der Waals surface area contributed by atoms with Crippen LogP contribution in [0.2, 0.25) is 10.0 Å². The number of hydrogen-bond acceptors (Lipinski definition) is 6. The van der Waals surface area contributed by atoms with Crippen LogP contribution in [0, 0.1) is 0 Å². The van der Waals surface area contributed by atoms with Crippen LogP contribution in [0.3, 0.4) is 0 Å². The number of carboxylic acid groups (broad SMARTS) is 1. The van der Waals surface area contributed by atoms with Gasteiger partial charge < -0.3 is 20.3 Å². The number of ether oxygens (including phenoxy) is 1. The van der Waals surface area contributed by atoms with Crippen molar-refractivity contribution in [2.24, 2.45) is 0 Å². The van der Waals surface area contributed by atoms with Gasteiger partial charge in [0.25, 0.3) is 0 Å². The SMILES string of the molecule is CCOC(=O)c1cnc2c(Cl)c(NCC(C)(O)C(=O)O)ccc2c1Cl. The summed E-state index contributed by atoms with van der Waals surface area (Å²) in [4.78, 5) is 27.0. The summed E-state index contributed by atoms with van der Waals surface area (Å²) in [6.45, 7) is 2.79. The summed E-state index contributed by atoms with van der Waals surface area (Å²) in [6, 6.07) is 3.15. The van der Waals surface area contributed by atoms with Crippen molar-refractivity contribution in [3.05, 3.63) is 33.9 Å². The van der Waals surface area contributed by atoms with E-state index in [9.17, 15) is 14.7 Å². The maximum absolute atomic E-state index is 11.9. The van der Waals surface area contributed by atoms with Crippen molar-refractivity contribution in [1.29, 1.82) is 0 Å². The molecule has 1 aromatic heterocycles. The van der Waals surface area contributed by atoms with Crippen molar-refractivity contribution in [3.63, 3.8) is 0 Å². The Morgan fingerprint density at radius 2 is 2.00 bits per heavy atom. The Morgan fingerprint density at radius 3 is 2.60 bits per heavy atom. The number of pyridine rings is 1. The minimum atomic E-state index is -1.96. The standard InChI is InChI=1S/C16H16Cl2N2O5/c1-3-25-14(21)9-6-19-13-8(11(9)17)4-5-10(12(13)18)20-7-16(2,24)15(22)23/h4-6,20,24H,3,7H2,1-2H3,(H,22,23). The van der Waals surface area contributed by atoms with Crippen molar-refractivity contribution in [1.82, 2.24) is 4.98 Å². The van der Waals surface area contributed by atoms with Gasteiger partial charge in [-0.05, 0) is 26.0 Å². The molecule has 0 spiro atoms. The molecule has 0 bridgehead atoms. The molecule has 0 saturated carbocycles. The second-order valence-electron chi connectivity index (χ2n) is 5.46. The summed E-state index contributed by atoms with van der Waals surface area (Å²) in [5.74, 6) is -1.95. The van der Waals surface area contributed by atoms with Gasteiger partial charge in [0.05, 0.1) is 40.0 Å². The highest BCUT2D eigenvalue weighted by atomic mass is 35.5. The Kier molecular flexibility index (Phi) is 5.72. The maximum atomic E-state index is 11.9. The molecule has 7 nitrogen and oxygen atoms in total. The van der Waals surface area contributed by atoms with Crippen LogP contribution in [0.25, 0.3) is 10.9 Å². The van der Waals surface area contributed by atoms with Crippen molar-refractivity contribution in [2.45, 2.75) is 19.4 Å². The molecule has 1 unspecified atom stereocenters. The molecule has 3 N–H and O–H groups in total. The molecule has 0 amide bonds. The highest BCUT2D eigenvalue weighted by Crippen LogP contribution is 2.35. The van der Waals surface area contributed by atoms with Crippen molar-refractivity contribution < 1.29 is 24.5 Å². The van der Waals surface area contributed by atoms with Crippen LogP contribution < -0.4 is 5.32 Å². The van der Waals surface area contributed by atoms with E-state index in [-0.39, 0.29) is 28.8 Å². The van der Waals surface area contributed by atoms with Gasteiger partial charge in [0, 0.05) is 11.6 Å². The molecule has 0 fully saturated rings. The summed E-state index contributed by atoms with van der Waals surface area (Å²) in [6.07, 6.45) is 1.27. The minimum Gasteiger partial charge on any atom is -0.479 e. The van der Waals surface area contributed by atoms with Crippen LogP contribution in [0.15, 0.2) is 18.3 Å². The van der Waals surface area contributed by atoms with Crippen molar-refractivity contribution in [3.8, 4) is 0 Å². The first-order valence-corrected chi connectivity index (χ1v) is 8.08. The van der Waals surface area contributed by atoms with E-state index in [1.165, 1.54) is 6.20 Å². The van der Waals surface area contributed by atoms with Crippen LogP contribution in [0.4, 0.5) is 5.69 Å². The molecule has 9 heteroatoms. The van der Waals surface area contributed by atoms with Crippen LogP contribution in [-0.4, -0.2) is 45.9 Å². The predicted molar refractivity (Wildman–Crippen MR) is 94.5 cm³/mol. The third kappa shape index (κ3) is 3.95. The third-order valence-corrected chi connectivity index (χ3v) is 4.28. The fraction of sp³-hybridized carbons (Fsp3) is 0.312. The smallest absolute Gasteiger partial charge is 0.341 e. The largest absolute Gasteiger partial charge is 0.479 e. The molecular formula is C16H16Cl2N2O5. The second kappa shape index (κ2) is 7.43. The molecular weight excluding hydrogens is 371 g/mol. The van der Waals surface area contributed by atoms with E-state index in [1.807, 2.05) is 0 Å². The zero-order chi connectivity index (χ0) is 18.8. The quantitative estimate of drug-likeness (QED) is 0.654. The van der Waals surface area contributed by atoms with Gasteiger partial charge in [-0.25, -0.2) is 9.59 Å². The summed E-state index contributed by atoms with van der Waals surface area (Å²) < 4.78 is 4.92. The van der Waals surface area contributed by atoms with E-state index in [0.29, 0.717) is 16.6 Å². The van der Waals surface area contributed by atoms with Gasteiger partial charge in [-0.2, -0.15) is 0 Å². The zero-order valence-electron chi connectivity index (χ0n) is 13.5. The number of carbonyl (C=O) groups is 2. The highest BCUT2D eigenvalue weighted by Gasteiger charge is 2.30. The molecule has 1 aromatic carbocycles. The van der Waals surface area contributed by atoms with Gasteiger partial charge in [0.15, 0.2) is 5.60 Å². The Bertz CT molecular complexity index is 839. The Balaban J connectivity index is 2.39. The fourth-order valence-electron chi connectivity index (χ4n) is 2.03. The van der Waals surface area contributed by atoms with Gasteiger partial charge in [0.1, 0.15) is 0 Å². The number of nitrogens with one attached hydrogen (secondary N) is 1. The molecule has 2 aromatic rings. The Labute approximate surface area is 153 Å². The molecule has 25 heavy (non-hydrogen) atoms. The number of anilines is 1. The number of halogens is 2. The first kappa shape index (κ1) is 19.2. The molecule has 0 aliphatic heterocycles. The van der Waals surface area contributed by atoms with E-state index < -0.39 is 17.5 Å². The number of aliphatic carboxylic acids is 1. The molecule has 0 aliphatic rings. The first-order chi connectivity index (χ1) is 11.7. The number of aliphatic hydroxyl groups is 1. The van der Waals surface area contributed by atoms with Crippen LogP contribution in [0.5, 0.6) is 0 Å². The lowest BCUT2D eigenvalue weighted by atomic mass is 10.1. The van der Waals surface area contributed by atoms with Gasteiger partial charge in [-0.3, -0.25) is 4.98 Å². The number of esters is 1. The van der Waals surface area contributed by atoms with E-state index >= 15 is 0 Å². The normalized spacial score (nSPS) is 13.3. The molecule has 2 rings (SSSR count). The molecule has 134 valence electrons. The number of carbonyl (C=O) groups excluding carboxylic acids is 1. The van der Waals surface area contributed by atoms with Crippen LogP contribution in [0.1, 0.15) is 24.2 Å². The average Bonchev–Trinajstić information content (AvgIpc) is 2.55. The zero-order valence-corrected chi connectivity index (χ0v) is 15.0. The summed E-state index contributed by atoms with van der Waals surface area (Å²) in [5, 5.41) is 22.3. The lowest BCUT2D eigenvalue weighted by molar-refractivity contribution is -0.155. The second-order valence-corrected chi connectivity index (χ2v) is 6.22. The topological polar surface area (TPSA) is 109 Å². The Hall–Kier alpha value is -2.09. The van der Waals surface area contributed by atoms with E-state index in [1.54, 1.807) is 19.1 Å². The lowest BCUT2D eigenvalue weighted by Crippen LogP contribution is -2.41. The van der Waals surface area contributed by atoms with Gasteiger partial charge in [-0.15, -0.1) is 0 Å². The number of aromatic nitrogens is 1. The summed E-state index contributed by atoms with van der Waals surface area (Å²) in [5.41, 5.74) is -1.12. The number of rotatable bonds is 6. The lowest BCUT2D eigenvalue weighted by Gasteiger charge is -2.20. The van der Waals surface area contributed by atoms with Crippen LogP contribution in [-0.2, 0) is 9.53 Å². The number of fused-ring (bicyclic) bond motifs is 1. The Morgan fingerprint density at radius 1 is 1.32 bits per heavy atom.